The van der Waals surface area contributed by atoms with Crippen LogP contribution in [0.25, 0.3) is 0 Å². The van der Waals surface area contributed by atoms with E-state index in [2.05, 4.69) is 24.9 Å². The number of guanidine groups is 1. The van der Waals surface area contributed by atoms with Gasteiger partial charge in [0, 0.05) is 52.2 Å². The summed E-state index contributed by atoms with van der Waals surface area (Å²) in [5.41, 5.74) is 0. The normalized spacial score (nSPS) is 18.2. The van der Waals surface area contributed by atoms with E-state index in [9.17, 15) is 8.42 Å². The number of hydrogen-bond acceptors (Lipinski definition) is 4. The first-order valence-electron chi connectivity index (χ1n) is 8.73. The SMILES string of the molecule is CN=C(NCCn1cccc1)NCCS(=O)(=O)NCC1CCCCO1.I. The standard InChI is InChI=1S/C16H29N5O3S.HI/c1-17-16(18-7-11-21-9-3-4-10-21)19-8-13-25(22,23)20-14-15-6-2-5-12-24-15;/h3-4,9-10,15,20H,2,5-8,11-14H2,1H3,(H2,17,18,19);1H. The van der Waals surface area contributed by atoms with Crippen LogP contribution in [0, 0.1) is 0 Å². The number of hydrogen-bond donors (Lipinski definition) is 3. The Bertz CT molecular complexity index is 616. The Morgan fingerprint density at radius 2 is 1.96 bits per heavy atom. The molecular weight excluding hydrogens is 469 g/mol. The minimum Gasteiger partial charge on any atom is -0.377 e. The number of aromatic nitrogens is 1. The van der Waals surface area contributed by atoms with Crippen molar-refractivity contribution in [3.05, 3.63) is 24.5 Å². The van der Waals surface area contributed by atoms with Gasteiger partial charge in [0.15, 0.2) is 5.96 Å². The highest BCUT2D eigenvalue weighted by Crippen LogP contribution is 2.11. The summed E-state index contributed by atoms with van der Waals surface area (Å²) in [7, 11) is -1.66. The number of ether oxygens (including phenoxy) is 1. The lowest BCUT2D eigenvalue weighted by atomic mass is 10.1. The van der Waals surface area contributed by atoms with Crippen LogP contribution in [0.5, 0.6) is 0 Å². The Morgan fingerprint density at radius 1 is 1.23 bits per heavy atom. The highest BCUT2D eigenvalue weighted by molar-refractivity contribution is 14.0. The highest BCUT2D eigenvalue weighted by Gasteiger charge is 2.17. The average molecular weight is 499 g/mol. The third kappa shape index (κ3) is 9.19. The second-order valence-electron chi connectivity index (χ2n) is 6.00. The average Bonchev–Trinajstić information content (AvgIpc) is 3.13. The summed E-state index contributed by atoms with van der Waals surface area (Å²) in [4.78, 5) is 4.10. The van der Waals surface area contributed by atoms with Gasteiger partial charge in [-0.1, -0.05) is 0 Å². The fraction of sp³-hybridized carbons (Fsp3) is 0.688. The van der Waals surface area contributed by atoms with E-state index in [4.69, 9.17) is 4.74 Å². The van der Waals surface area contributed by atoms with E-state index >= 15 is 0 Å². The predicted molar refractivity (Wildman–Crippen MR) is 115 cm³/mol. The summed E-state index contributed by atoms with van der Waals surface area (Å²) < 4.78 is 34.3. The number of aliphatic imine (C=N–C) groups is 1. The Hall–Kier alpha value is -0.850. The molecule has 1 aliphatic heterocycles. The molecule has 0 aromatic carbocycles. The molecule has 1 aromatic heterocycles. The van der Waals surface area contributed by atoms with Gasteiger partial charge in [-0.05, 0) is 31.4 Å². The molecule has 0 aliphatic carbocycles. The summed E-state index contributed by atoms with van der Waals surface area (Å²) in [5, 5.41) is 6.18. The van der Waals surface area contributed by atoms with Crippen LogP contribution < -0.4 is 15.4 Å². The molecule has 0 radical (unpaired) electrons. The maximum atomic E-state index is 12.0. The monoisotopic (exact) mass is 499 g/mol. The molecule has 2 rings (SSSR count). The Morgan fingerprint density at radius 3 is 2.62 bits per heavy atom. The van der Waals surface area contributed by atoms with E-state index in [1.165, 1.54) is 0 Å². The number of nitrogens with one attached hydrogen (secondary N) is 3. The molecule has 8 nitrogen and oxygen atoms in total. The van der Waals surface area contributed by atoms with Crippen molar-refractivity contribution in [2.45, 2.75) is 31.9 Å². The predicted octanol–water partition coefficient (Wildman–Crippen LogP) is 0.760. The second-order valence-corrected chi connectivity index (χ2v) is 7.93. The molecular formula is C16H30IN5O3S. The van der Waals surface area contributed by atoms with Gasteiger partial charge in [-0.25, -0.2) is 13.1 Å². The van der Waals surface area contributed by atoms with Gasteiger partial charge in [0.2, 0.25) is 10.0 Å². The fourth-order valence-corrected chi connectivity index (χ4v) is 3.56. The first kappa shape index (κ1) is 23.2. The van der Waals surface area contributed by atoms with Crippen LogP contribution >= 0.6 is 24.0 Å². The van der Waals surface area contributed by atoms with Crippen molar-refractivity contribution < 1.29 is 13.2 Å². The van der Waals surface area contributed by atoms with Crippen molar-refractivity contribution in [2.24, 2.45) is 4.99 Å². The van der Waals surface area contributed by atoms with E-state index in [1.807, 2.05) is 24.5 Å². The quantitative estimate of drug-likeness (QED) is 0.265. The Balaban J connectivity index is 0.00000338. The van der Waals surface area contributed by atoms with E-state index in [-0.39, 0.29) is 35.8 Å². The Kier molecular flexibility index (Phi) is 11.2. The molecule has 2 heterocycles. The minimum atomic E-state index is -3.32. The molecule has 1 unspecified atom stereocenters. The molecule has 0 saturated carbocycles. The number of nitrogens with zero attached hydrogens (tertiary/aromatic N) is 2. The lowest BCUT2D eigenvalue weighted by Gasteiger charge is -2.22. The highest BCUT2D eigenvalue weighted by atomic mass is 127. The summed E-state index contributed by atoms with van der Waals surface area (Å²) in [6.07, 6.45) is 7.05. The molecule has 0 bridgehead atoms. The van der Waals surface area contributed by atoms with Crippen molar-refractivity contribution in [1.82, 2.24) is 19.9 Å². The molecule has 10 heteroatoms. The number of sulfonamides is 1. The van der Waals surface area contributed by atoms with Crippen molar-refractivity contribution >= 4 is 40.0 Å². The minimum absolute atomic E-state index is 0. The third-order valence-corrected chi connectivity index (χ3v) is 5.37. The van der Waals surface area contributed by atoms with Crippen LogP contribution in [0.3, 0.4) is 0 Å². The van der Waals surface area contributed by atoms with Gasteiger partial charge >= 0.3 is 0 Å². The van der Waals surface area contributed by atoms with E-state index in [1.54, 1.807) is 7.05 Å². The van der Waals surface area contributed by atoms with Crippen LogP contribution in [0.1, 0.15) is 19.3 Å². The molecule has 1 aliphatic rings. The zero-order valence-corrected chi connectivity index (χ0v) is 18.3. The van der Waals surface area contributed by atoms with Crippen molar-refractivity contribution in [3.63, 3.8) is 0 Å². The smallest absolute Gasteiger partial charge is 0.213 e. The van der Waals surface area contributed by atoms with Crippen molar-refractivity contribution in [2.75, 3.05) is 39.0 Å². The van der Waals surface area contributed by atoms with Gasteiger partial charge in [-0.2, -0.15) is 0 Å². The van der Waals surface area contributed by atoms with Crippen LogP contribution in [-0.2, 0) is 21.3 Å². The van der Waals surface area contributed by atoms with Gasteiger partial charge in [0.05, 0.1) is 11.9 Å². The summed E-state index contributed by atoms with van der Waals surface area (Å²) >= 11 is 0. The zero-order chi connectivity index (χ0) is 18.0. The van der Waals surface area contributed by atoms with E-state index < -0.39 is 10.0 Å². The molecule has 0 spiro atoms. The molecule has 1 aromatic rings. The summed E-state index contributed by atoms with van der Waals surface area (Å²) in [6.45, 7) is 2.89. The van der Waals surface area contributed by atoms with E-state index in [0.717, 1.165) is 32.4 Å². The largest absolute Gasteiger partial charge is 0.377 e. The van der Waals surface area contributed by atoms with Gasteiger partial charge < -0.3 is 19.9 Å². The second kappa shape index (κ2) is 12.5. The Labute approximate surface area is 173 Å². The maximum Gasteiger partial charge on any atom is 0.213 e. The molecule has 3 N–H and O–H groups in total. The molecule has 26 heavy (non-hydrogen) atoms. The van der Waals surface area contributed by atoms with Crippen LogP contribution in [0.4, 0.5) is 0 Å². The first-order chi connectivity index (χ1) is 12.1. The van der Waals surface area contributed by atoms with Gasteiger partial charge in [0.1, 0.15) is 0 Å². The van der Waals surface area contributed by atoms with Crippen LogP contribution in [0.15, 0.2) is 29.5 Å². The molecule has 1 fully saturated rings. The zero-order valence-electron chi connectivity index (χ0n) is 15.2. The number of rotatable bonds is 9. The lowest BCUT2D eigenvalue weighted by Crippen LogP contribution is -2.43. The van der Waals surface area contributed by atoms with Crippen molar-refractivity contribution in [1.29, 1.82) is 0 Å². The first-order valence-corrected chi connectivity index (χ1v) is 10.4. The van der Waals surface area contributed by atoms with Crippen LogP contribution in [0.2, 0.25) is 0 Å². The van der Waals surface area contributed by atoms with Gasteiger partial charge in [-0.15, -0.1) is 24.0 Å². The van der Waals surface area contributed by atoms with Gasteiger partial charge in [0.25, 0.3) is 0 Å². The third-order valence-electron chi connectivity index (χ3n) is 4.02. The lowest BCUT2D eigenvalue weighted by molar-refractivity contribution is 0.0200. The topological polar surface area (TPSA) is 96.8 Å². The van der Waals surface area contributed by atoms with Crippen LogP contribution in [-0.4, -0.2) is 64.1 Å². The summed E-state index contributed by atoms with van der Waals surface area (Å²) in [5.74, 6) is 0.593. The summed E-state index contributed by atoms with van der Waals surface area (Å²) in [6, 6.07) is 3.95. The number of halogens is 1. The molecule has 1 saturated heterocycles. The molecule has 150 valence electrons. The fourth-order valence-electron chi connectivity index (χ4n) is 2.61. The van der Waals surface area contributed by atoms with Gasteiger partial charge in [-0.3, -0.25) is 4.99 Å². The van der Waals surface area contributed by atoms with E-state index in [0.29, 0.717) is 25.6 Å². The molecule has 1 atom stereocenters. The molecule has 0 amide bonds. The maximum absolute atomic E-state index is 12.0. The van der Waals surface area contributed by atoms with Crippen molar-refractivity contribution in [3.8, 4) is 0 Å².